The number of benzene rings is 1. The minimum atomic E-state index is -0.503. The predicted octanol–water partition coefficient (Wildman–Crippen LogP) is 3.43. The summed E-state index contributed by atoms with van der Waals surface area (Å²) in [5.74, 6) is 0.646. The van der Waals surface area contributed by atoms with E-state index in [1.54, 1.807) is 7.11 Å². The Bertz CT molecular complexity index is 470. The zero-order valence-electron chi connectivity index (χ0n) is 14.8. The van der Waals surface area contributed by atoms with Gasteiger partial charge in [0.1, 0.15) is 0 Å². The van der Waals surface area contributed by atoms with Crippen molar-refractivity contribution in [3.8, 4) is 11.5 Å². The van der Waals surface area contributed by atoms with Gasteiger partial charge < -0.3 is 20.5 Å². The van der Waals surface area contributed by atoms with Crippen LogP contribution in [0, 0.1) is 0 Å². The lowest BCUT2D eigenvalue weighted by Gasteiger charge is -2.11. The van der Waals surface area contributed by atoms with Crippen molar-refractivity contribution in [3.63, 3.8) is 0 Å². The van der Waals surface area contributed by atoms with Gasteiger partial charge in [-0.05, 0) is 30.7 Å². The molecule has 1 rings (SSSR count). The number of primary amides is 1. The maximum Gasteiger partial charge on any atom is 0.255 e. The smallest absolute Gasteiger partial charge is 0.255 e. The molecule has 0 atom stereocenters. The standard InChI is InChI=1S/C18H30N2O3.ClH/c1-3-4-5-6-7-8-11-20-13-15-9-10-16(17(12-15)22-2)23-14-18(19)21;/h9-10,12,20H,3-8,11,13-14H2,1-2H3,(H2,19,21);1H. The van der Waals surface area contributed by atoms with Crippen LogP contribution in [0.25, 0.3) is 0 Å². The Labute approximate surface area is 151 Å². The second-order valence-corrected chi connectivity index (χ2v) is 5.68. The second kappa shape index (κ2) is 13.9. The Kier molecular flexibility index (Phi) is 13.1. The molecule has 138 valence electrons. The van der Waals surface area contributed by atoms with Gasteiger partial charge >= 0.3 is 0 Å². The number of halogens is 1. The first-order valence-electron chi connectivity index (χ1n) is 8.46. The van der Waals surface area contributed by atoms with Crippen molar-refractivity contribution in [1.82, 2.24) is 5.32 Å². The van der Waals surface area contributed by atoms with Gasteiger partial charge in [0.15, 0.2) is 18.1 Å². The van der Waals surface area contributed by atoms with Crippen LogP contribution >= 0.6 is 12.4 Å². The van der Waals surface area contributed by atoms with Gasteiger partial charge in [0, 0.05) is 6.54 Å². The average molecular weight is 359 g/mol. The molecular weight excluding hydrogens is 328 g/mol. The normalized spacial score (nSPS) is 10.1. The highest BCUT2D eigenvalue weighted by Gasteiger charge is 2.07. The van der Waals surface area contributed by atoms with Crippen LogP contribution in [-0.2, 0) is 11.3 Å². The molecule has 0 radical (unpaired) electrons. The SMILES string of the molecule is CCCCCCCCNCc1ccc(OCC(N)=O)c(OC)c1.Cl. The van der Waals surface area contributed by atoms with Crippen LogP contribution in [0.1, 0.15) is 51.0 Å². The zero-order chi connectivity index (χ0) is 16.9. The summed E-state index contributed by atoms with van der Waals surface area (Å²) in [5.41, 5.74) is 6.20. The summed E-state index contributed by atoms with van der Waals surface area (Å²) < 4.78 is 10.6. The van der Waals surface area contributed by atoms with Crippen molar-refractivity contribution in [2.45, 2.75) is 52.0 Å². The second-order valence-electron chi connectivity index (χ2n) is 5.68. The summed E-state index contributed by atoms with van der Waals surface area (Å²) in [6, 6.07) is 5.70. The van der Waals surface area contributed by atoms with E-state index in [4.69, 9.17) is 15.2 Å². The first kappa shape index (κ1) is 22.5. The van der Waals surface area contributed by atoms with Crippen LogP contribution < -0.4 is 20.5 Å². The lowest BCUT2D eigenvalue weighted by molar-refractivity contribution is -0.119. The largest absolute Gasteiger partial charge is 0.493 e. The van der Waals surface area contributed by atoms with E-state index in [1.807, 2.05) is 18.2 Å². The highest BCUT2D eigenvalue weighted by Crippen LogP contribution is 2.27. The molecule has 0 saturated heterocycles. The summed E-state index contributed by atoms with van der Waals surface area (Å²) in [6.45, 7) is 3.90. The fraction of sp³-hybridized carbons (Fsp3) is 0.611. The Hall–Kier alpha value is -1.46. The summed E-state index contributed by atoms with van der Waals surface area (Å²) in [6.07, 6.45) is 7.81. The van der Waals surface area contributed by atoms with Gasteiger partial charge in [0.05, 0.1) is 7.11 Å². The van der Waals surface area contributed by atoms with E-state index in [0.29, 0.717) is 11.5 Å². The minimum Gasteiger partial charge on any atom is -0.493 e. The van der Waals surface area contributed by atoms with Crippen LogP contribution in [-0.4, -0.2) is 26.2 Å². The van der Waals surface area contributed by atoms with Crippen LogP contribution in [0.4, 0.5) is 0 Å². The third kappa shape index (κ3) is 9.63. The number of ether oxygens (including phenoxy) is 2. The fourth-order valence-electron chi connectivity index (χ4n) is 2.35. The molecule has 6 heteroatoms. The van der Waals surface area contributed by atoms with Crippen LogP contribution in [0.2, 0.25) is 0 Å². The van der Waals surface area contributed by atoms with Crippen LogP contribution in [0.15, 0.2) is 18.2 Å². The first-order chi connectivity index (χ1) is 11.2. The number of carbonyl (C=O) groups is 1. The number of nitrogens with two attached hydrogens (primary N) is 1. The molecule has 3 N–H and O–H groups in total. The molecule has 0 aromatic heterocycles. The van der Waals surface area contributed by atoms with E-state index in [-0.39, 0.29) is 19.0 Å². The number of nitrogens with one attached hydrogen (secondary N) is 1. The maximum absolute atomic E-state index is 10.8. The van der Waals surface area contributed by atoms with Crippen molar-refractivity contribution in [2.75, 3.05) is 20.3 Å². The maximum atomic E-state index is 10.8. The molecule has 0 bridgehead atoms. The number of unbranched alkanes of at least 4 members (excludes halogenated alkanes) is 5. The molecule has 0 spiro atoms. The van der Waals surface area contributed by atoms with Gasteiger partial charge in [-0.15, -0.1) is 12.4 Å². The molecule has 0 unspecified atom stereocenters. The number of amides is 1. The third-order valence-electron chi connectivity index (χ3n) is 3.63. The Morgan fingerprint density at radius 2 is 1.83 bits per heavy atom. The quantitative estimate of drug-likeness (QED) is 0.530. The molecule has 0 aliphatic heterocycles. The molecule has 5 nitrogen and oxygen atoms in total. The molecule has 1 aromatic carbocycles. The summed E-state index contributed by atoms with van der Waals surface area (Å²) in [7, 11) is 1.58. The topological polar surface area (TPSA) is 73.6 Å². The molecule has 0 heterocycles. The highest BCUT2D eigenvalue weighted by atomic mass is 35.5. The van der Waals surface area contributed by atoms with Crippen molar-refractivity contribution < 1.29 is 14.3 Å². The summed E-state index contributed by atoms with van der Waals surface area (Å²) >= 11 is 0. The van der Waals surface area contributed by atoms with E-state index in [0.717, 1.165) is 18.7 Å². The third-order valence-corrected chi connectivity index (χ3v) is 3.63. The van der Waals surface area contributed by atoms with Crippen LogP contribution in [0.3, 0.4) is 0 Å². The van der Waals surface area contributed by atoms with E-state index >= 15 is 0 Å². The minimum absolute atomic E-state index is 0. The fourth-order valence-corrected chi connectivity index (χ4v) is 2.35. The van der Waals surface area contributed by atoms with Crippen molar-refractivity contribution in [3.05, 3.63) is 23.8 Å². The lowest BCUT2D eigenvalue weighted by Crippen LogP contribution is -2.20. The molecule has 1 aromatic rings. The molecule has 0 saturated carbocycles. The van der Waals surface area contributed by atoms with E-state index in [9.17, 15) is 4.79 Å². The molecule has 24 heavy (non-hydrogen) atoms. The van der Waals surface area contributed by atoms with Gasteiger partial charge in [-0.25, -0.2) is 0 Å². The molecule has 0 aliphatic carbocycles. The van der Waals surface area contributed by atoms with Gasteiger partial charge in [-0.2, -0.15) is 0 Å². The summed E-state index contributed by atoms with van der Waals surface area (Å²) in [5, 5.41) is 3.44. The highest BCUT2D eigenvalue weighted by molar-refractivity contribution is 5.85. The van der Waals surface area contributed by atoms with Gasteiger partial charge in [0.25, 0.3) is 5.91 Å². The number of hydrogen-bond acceptors (Lipinski definition) is 4. The van der Waals surface area contributed by atoms with Crippen LogP contribution in [0.5, 0.6) is 11.5 Å². The average Bonchev–Trinajstić information content (AvgIpc) is 2.55. The molecule has 0 aliphatic rings. The van der Waals surface area contributed by atoms with E-state index in [1.165, 1.54) is 38.5 Å². The number of carbonyl (C=O) groups excluding carboxylic acids is 1. The van der Waals surface area contributed by atoms with Crippen molar-refractivity contribution >= 4 is 18.3 Å². The zero-order valence-corrected chi connectivity index (χ0v) is 15.6. The molecule has 1 amide bonds. The Morgan fingerprint density at radius 3 is 2.50 bits per heavy atom. The van der Waals surface area contributed by atoms with Crippen molar-refractivity contribution in [1.29, 1.82) is 0 Å². The monoisotopic (exact) mass is 358 g/mol. The van der Waals surface area contributed by atoms with Gasteiger partial charge in [-0.1, -0.05) is 45.1 Å². The van der Waals surface area contributed by atoms with Gasteiger partial charge in [0.2, 0.25) is 0 Å². The van der Waals surface area contributed by atoms with E-state index < -0.39 is 5.91 Å². The number of methoxy groups -OCH3 is 1. The van der Waals surface area contributed by atoms with E-state index in [2.05, 4.69) is 12.2 Å². The lowest BCUT2D eigenvalue weighted by atomic mass is 10.1. The molecule has 0 fully saturated rings. The van der Waals surface area contributed by atoms with Gasteiger partial charge in [-0.3, -0.25) is 4.79 Å². The molecular formula is C18H31ClN2O3. The number of rotatable bonds is 13. The summed E-state index contributed by atoms with van der Waals surface area (Å²) in [4.78, 5) is 10.8. The number of hydrogen-bond donors (Lipinski definition) is 2. The Morgan fingerprint density at radius 1 is 1.12 bits per heavy atom. The first-order valence-corrected chi connectivity index (χ1v) is 8.46. The Balaban J connectivity index is 0.00000529. The van der Waals surface area contributed by atoms with Crippen molar-refractivity contribution in [2.24, 2.45) is 5.73 Å². The predicted molar refractivity (Wildman–Crippen MR) is 100 cm³/mol.